The van der Waals surface area contributed by atoms with Gasteiger partial charge in [-0.15, -0.1) is 5.10 Å². The van der Waals surface area contributed by atoms with Crippen LogP contribution in [-0.4, -0.2) is 39.5 Å². The first kappa shape index (κ1) is 20.5. The Labute approximate surface area is 171 Å². The topological polar surface area (TPSA) is 101 Å². The van der Waals surface area contributed by atoms with Gasteiger partial charge in [-0.2, -0.15) is 0 Å². The van der Waals surface area contributed by atoms with Crippen LogP contribution in [0.15, 0.2) is 36.4 Å². The lowest BCUT2D eigenvalue weighted by molar-refractivity contribution is 0.0943. The van der Waals surface area contributed by atoms with E-state index in [0.29, 0.717) is 23.3 Å². The smallest absolute Gasteiger partial charge is 0.319 e. The van der Waals surface area contributed by atoms with Crippen LogP contribution in [0.5, 0.6) is 0 Å². The van der Waals surface area contributed by atoms with Gasteiger partial charge in [-0.3, -0.25) is 4.79 Å². The molecule has 2 aromatic carbocycles. The molecular weight excluding hydrogens is 399 g/mol. The second-order valence-electron chi connectivity index (χ2n) is 6.65. The lowest BCUT2D eigenvalue weighted by Crippen LogP contribution is -2.31. The molecule has 0 aliphatic rings. The van der Waals surface area contributed by atoms with E-state index in [0.717, 1.165) is 5.52 Å². The number of hydrogen-bond acceptors (Lipinski definition) is 4. The maximum atomic E-state index is 13.2. The molecule has 0 bridgehead atoms. The molecule has 1 aromatic heterocycles. The normalized spacial score (nSPS) is 10.9. The number of fused-ring (bicyclic) bond motifs is 1. The number of halogens is 2. The molecule has 0 radical (unpaired) electrons. The summed E-state index contributed by atoms with van der Waals surface area (Å²) in [6.45, 7) is 4.45. The molecule has 0 spiro atoms. The number of anilines is 1. The summed E-state index contributed by atoms with van der Waals surface area (Å²) in [5.74, 6) is -0.726. The van der Waals surface area contributed by atoms with Crippen LogP contribution in [0.4, 0.5) is 14.9 Å². The number of nitrogens with one attached hydrogen (secondary N) is 3. The molecule has 0 unspecified atom stereocenters. The number of amides is 3. The predicted octanol–water partition coefficient (Wildman–Crippen LogP) is 3.18. The van der Waals surface area contributed by atoms with Gasteiger partial charge in [-0.25, -0.2) is 13.9 Å². The monoisotopic (exact) mass is 418 g/mol. The Morgan fingerprint density at radius 2 is 2.00 bits per heavy atom. The minimum Gasteiger partial charge on any atom is -0.350 e. The summed E-state index contributed by atoms with van der Waals surface area (Å²) in [5, 5.41) is 16.1. The third kappa shape index (κ3) is 5.20. The standard InChI is InChI=1S/C19H20ClFN6O2/c1-11(2)23-18(28)12-3-6-17-16(9-12)25-26-27(17)8-7-22-19(29)24-13-4-5-15(21)14(20)10-13/h3-6,9-11H,7-8H2,1-2H3,(H,23,28)(H2,22,24,29). The molecule has 8 nitrogen and oxygen atoms in total. The Bertz CT molecular complexity index is 1050. The minimum atomic E-state index is -0.555. The number of carbonyl (C=O) groups is 2. The van der Waals surface area contributed by atoms with Crippen LogP contribution in [0, 0.1) is 5.82 Å². The Hall–Kier alpha value is -3.20. The van der Waals surface area contributed by atoms with Gasteiger partial charge >= 0.3 is 6.03 Å². The summed E-state index contributed by atoms with van der Waals surface area (Å²) in [5.41, 5.74) is 2.23. The molecule has 3 N–H and O–H groups in total. The fourth-order valence-electron chi connectivity index (χ4n) is 2.65. The molecule has 1 heterocycles. The molecule has 0 saturated heterocycles. The summed E-state index contributed by atoms with van der Waals surface area (Å²) >= 11 is 5.69. The van der Waals surface area contributed by atoms with Crippen LogP contribution in [0.25, 0.3) is 11.0 Å². The van der Waals surface area contributed by atoms with Crippen LogP contribution in [-0.2, 0) is 6.54 Å². The van der Waals surface area contributed by atoms with E-state index in [9.17, 15) is 14.0 Å². The molecular formula is C19H20ClFN6O2. The van der Waals surface area contributed by atoms with Crippen molar-refractivity contribution in [3.8, 4) is 0 Å². The summed E-state index contributed by atoms with van der Waals surface area (Å²) in [6, 6.07) is 8.66. The van der Waals surface area contributed by atoms with Crippen LogP contribution in [0.3, 0.4) is 0 Å². The lowest BCUT2D eigenvalue weighted by atomic mass is 10.2. The number of benzene rings is 2. The van der Waals surface area contributed by atoms with Crippen LogP contribution < -0.4 is 16.0 Å². The SMILES string of the molecule is CC(C)NC(=O)c1ccc2c(c1)nnn2CCNC(=O)Nc1ccc(F)c(Cl)c1. The third-order valence-corrected chi connectivity index (χ3v) is 4.27. The number of carbonyl (C=O) groups excluding carboxylic acids is 2. The van der Waals surface area contributed by atoms with E-state index in [1.165, 1.54) is 18.2 Å². The highest BCUT2D eigenvalue weighted by atomic mass is 35.5. The first-order chi connectivity index (χ1) is 13.8. The lowest BCUT2D eigenvalue weighted by Gasteiger charge is -2.09. The molecule has 3 aromatic rings. The predicted molar refractivity (Wildman–Crippen MR) is 109 cm³/mol. The van der Waals surface area contributed by atoms with Gasteiger partial charge in [0.25, 0.3) is 5.91 Å². The third-order valence-electron chi connectivity index (χ3n) is 3.98. The van der Waals surface area contributed by atoms with Crippen molar-refractivity contribution >= 4 is 40.3 Å². The average molecular weight is 419 g/mol. The maximum absolute atomic E-state index is 13.2. The fourth-order valence-corrected chi connectivity index (χ4v) is 2.83. The van der Waals surface area contributed by atoms with Crippen molar-refractivity contribution in [1.82, 2.24) is 25.6 Å². The van der Waals surface area contributed by atoms with E-state index in [4.69, 9.17) is 11.6 Å². The van der Waals surface area contributed by atoms with Gasteiger partial charge in [-0.1, -0.05) is 16.8 Å². The van der Waals surface area contributed by atoms with Crippen molar-refractivity contribution in [3.63, 3.8) is 0 Å². The molecule has 3 rings (SSSR count). The van der Waals surface area contributed by atoms with Crippen LogP contribution in [0.1, 0.15) is 24.2 Å². The number of hydrogen-bond donors (Lipinski definition) is 3. The van der Waals surface area contributed by atoms with Crippen molar-refractivity contribution in [2.24, 2.45) is 0 Å². The van der Waals surface area contributed by atoms with Gasteiger partial charge in [-0.05, 0) is 50.2 Å². The fraction of sp³-hybridized carbons (Fsp3) is 0.263. The Balaban J connectivity index is 1.57. The maximum Gasteiger partial charge on any atom is 0.319 e. The minimum absolute atomic E-state index is 0.0389. The van der Waals surface area contributed by atoms with Crippen molar-refractivity contribution in [3.05, 3.63) is 52.8 Å². The van der Waals surface area contributed by atoms with Crippen molar-refractivity contribution < 1.29 is 14.0 Å². The number of urea groups is 1. The first-order valence-electron chi connectivity index (χ1n) is 8.97. The summed E-state index contributed by atoms with van der Waals surface area (Å²) in [4.78, 5) is 24.1. The second-order valence-corrected chi connectivity index (χ2v) is 7.06. The van der Waals surface area contributed by atoms with Gasteiger partial charge in [0, 0.05) is 23.8 Å². The number of rotatable bonds is 6. The van der Waals surface area contributed by atoms with E-state index in [1.807, 2.05) is 13.8 Å². The van der Waals surface area contributed by atoms with Gasteiger partial charge < -0.3 is 16.0 Å². The molecule has 0 atom stereocenters. The highest BCUT2D eigenvalue weighted by Gasteiger charge is 2.11. The molecule has 10 heteroatoms. The van der Waals surface area contributed by atoms with Gasteiger partial charge in [0.15, 0.2) is 0 Å². The van der Waals surface area contributed by atoms with E-state index < -0.39 is 11.8 Å². The Kier molecular flexibility index (Phi) is 6.28. The van der Waals surface area contributed by atoms with Crippen molar-refractivity contribution in [2.45, 2.75) is 26.4 Å². The quantitative estimate of drug-likeness (QED) is 0.572. The Morgan fingerprint density at radius 1 is 1.21 bits per heavy atom. The molecule has 0 saturated carbocycles. The first-order valence-corrected chi connectivity index (χ1v) is 9.35. The number of nitrogens with zero attached hydrogens (tertiary/aromatic N) is 3. The van der Waals surface area contributed by atoms with Crippen molar-refractivity contribution in [2.75, 3.05) is 11.9 Å². The molecule has 3 amide bonds. The van der Waals surface area contributed by atoms with Gasteiger partial charge in [0.1, 0.15) is 11.3 Å². The molecule has 0 aliphatic carbocycles. The van der Waals surface area contributed by atoms with E-state index in [2.05, 4.69) is 26.3 Å². The molecule has 29 heavy (non-hydrogen) atoms. The zero-order chi connectivity index (χ0) is 21.0. The second kappa shape index (κ2) is 8.87. The van der Waals surface area contributed by atoms with Gasteiger partial charge in [0.2, 0.25) is 0 Å². The van der Waals surface area contributed by atoms with Gasteiger partial charge in [0.05, 0.1) is 17.1 Å². The molecule has 0 aliphatic heterocycles. The molecule has 0 fully saturated rings. The van der Waals surface area contributed by atoms with Crippen LogP contribution in [0.2, 0.25) is 5.02 Å². The van der Waals surface area contributed by atoms with E-state index in [1.54, 1.807) is 22.9 Å². The van der Waals surface area contributed by atoms with Crippen LogP contribution >= 0.6 is 11.6 Å². The number of aromatic nitrogens is 3. The Morgan fingerprint density at radius 3 is 2.72 bits per heavy atom. The summed E-state index contributed by atoms with van der Waals surface area (Å²) < 4.78 is 14.8. The highest BCUT2D eigenvalue weighted by Crippen LogP contribution is 2.19. The zero-order valence-electron chi connectivity index (χ0n) is 15.9. The van der Waals surface area contributed by atoms with E-state index in [-0.39, 0.29) is 23.5 Å². The molecule has 152 valence electrons. The highest BCUT2D eigenvalue weighted by molar-refractivity contribution is 6.31. The summed E-state index contributed by atoms with van der Waals surface area (Å²) in [6.07, 6.45) is 0. The van der Waals surface area contributed by atoms with E-state index >= 15 is 0 Å². The zero-order valence-corrected chi connectivity index (χ0v) is 16.6. The summed E-state index contributed by atoms with van der Waals surface area (Å²) in [7, 11) is 0. The average Bonchev–Trinajstić information content (AvgIpc) is 3.06. The largest absolute Gasteiger partial charge is 0.350 e. The van der Waals surface area contributed by atoms with Crippen molar-refractivity contribution in [1.29, 1.82) is 0 Å².